The summed E-state index contributed by atoms with van der Waals surface area (Å²) in [5.41, 5.74) is 7.50. The third-order valence-corrected chi connectivity index (χ3v) is 4.37. The maximum absolute atomic E-state index is 12.6. The van der Waals surface area contributed by atoms with Gasteiger partial charge in [-0.2, -0.15) is 0 Å². The summed E-state index contributed by atoms with van der Waals surface area (Å²) < 4.78 is 7.35. The van der Waals surface area contributed by atoms with Gasteiger partial charge in [0.15, 0.2) is 6.61 Å². The smallest absolute Gasteiger partial charge is 0.255 e. The number of nitrogens with one attached hydrogen (secondary N) is 1. The van der Waals surface area contributed by atoms with E-state index in [2.05, 4.69) is 23.7 Å². The fraction of sp³-hybridized carbons (Fsp3) is 0.286. The zero-order valence-corrected chi connectivity index (χ0v) is 16.2. The van der Waals surface area contributed by atoms with Gasteiger partial charge in [0, 0.05) is 11.6 Å². The summed E-state index contributed by atoms with van der Waals surface area (Å²) >= 11 is 0. The number of nitrogens with two attached hydrogens (primary N) is 1. The first-order valence-electron chi connectivity index (χ1n) is 9.15. The fourth-order valence-corrected chi connectivity index (χ4v) is 3.11. The molecule has 0 saturated carbocycles. The van der Waals surface area contributed by atoms with Crippen molar-refractivity contribution in [3.63, 3.8) is 0 Å². The minimum atomic E-state index is -0.552. The predicted octanol–water partition coefficient (Wildman–Crippen LogP) is 2.97. The SMILES string of the molecule is CC(NC(=O)c1ccc(OCC(N)=O)cc1)c1nc2ccccc2n1C(C)C. The molecule has 0 aliphatic rings. The van der Waals surface area contributed by atoms with Crippen molar-refractivity contribution < 1.29 is 14.3 Å². The zero-order chi connectivity index (χ0) is 20.3. The number of benzene rings is 2. The van der Waals surface area contributed by atoms with Crippen LogP contribution in [0.3, 0.4) is 0 Å². The normalized spacial score (nSPS) is 12.1. The van der Waals surface area contributed by atoms with Gasteiger partial charge in [-0.25, -0.2) is 4.98 Å². The molecule has 3 N–H and O–H groups in total. The van der Waals surface area contributed by atoms with E-state index >= 15 is 0 Å². The van der Waals surface area contributed by atoms with Crippen LogP contribution in [-0.4, -0.2) is 28.0 Å². The van der Waals surface area contributed by atoms with Gasteiger partial charge in [-0.05, 0) is 57.2 Å². The van der Waals surface area contributed by atoms with Gasteiger partial charge < -0.3 is 20.4 Å². The Hall–Kier alpha value is -3.35. The Morgan fingerprint density at radius 2 is 1.79 bits per heavy atom. The van der Waals surface area contributed by atoms with Gasteiger partial charge in [0.25, 0.3) is 11.8 Å². The number of hydrogen-bond acceptors (Lipinski definition) is 4. The van der Waals surface area contributed by atoms with Crippen molar-refractivity contribution in [3.8, 4) is 5.75 Å². The average molecular weight is 380 g/mol. The molecule has 2 aromatic carbocycles. The molecule has 0 fully saturated rings. The molecule has 0 aliphatic heterocycles. The highest BCUT2D eigenvalue weighted by Gasteiger charge is 2.20. The number of carbonyl (C=O) groups is 2. The molecule has 0 spiro atoms. The molecule has 1 unspecified atom stereocenters. The van der Waals surface area contributed by atoms with Crippen LogP contribution in [0.15, 0.2) is 48.5 Å². The first-order chi connectivity index (χ1) is 13.4. The van der Waals surface area contributed by atoms with Crippen LogP contribution in [0, 0.1) is 0 Å². The van der Waals surface area contributed by atoms with Crippen LogP contribution in [0.5, 0.6) is 5.75 Å². The summed E-state index contributed by atoms with van der Waals surface area (Å²) in [6, 6.07) is 14.4. The van der Waals surface area contributed by atoms with Crippen LogP contribution in [0.1, 0.15) is 49.0 Å². The fourth-order valence-electron chi connectivity index (χ4n) is 3.11. The quantitative estimate of drug-likeness (QED) is 0.658. The van der Waals surface area contributed by atoms with Gasteiger partial charge in [-0.15, -0.1) is 0 Å². The van der Waals surface area contributed by atoms with Gasteiger partial charge in [-0.1, -0.05) is 12.1 Å². The number of ether oxygens (including phenoxy) is 1. The van der Waals surface area contributed by atoms with E-state index in [1.54, 1.807) is 24.3 Å². The van der Waals surface area contributed by atoms with Crippen LogP contribution in [0.2, 0.25) is 0 Å². The van der Waals surface area contributed by atoms with E-state index in [1.165, 1.54) is 0 Å². The number of para-hydroxylation sites is 2. The number of primary amides is 1. The molecule has 2 amide bonds. The third-order valence-electron chi connectivity index (χ3n) is 4.37. The summed E-state index contributed by atoms with van der Waals surface area (Å²) in [6.07, 6.45) is 0. The molecule has 28 heavy (non-hydrogen) atoms. The first-order valence-corrected chi connectivity index (χ1v) is 9.15. The van der Waals surface area contributed by atoms with E-state index in [9.17, 15) is 9.59 Å². The Balaban J connectivity index is 1.76. The molecule has 3 rings (SSSR count). The number of imidazole rings is 1. The lowest BCUT2D eigenvalue weighted by molar-refractivity contribution is -0.119. The van der Waals surface area contributed by atoms with E-state index in [0.717, 1.165) is 16.9 Å². The number of rotatable bonds is 7. The summed E-state index contributed by atoms with van der Waals surface area (Å²) in [4.78, 5) is 28.1. The number of fused-ring (bicyclic) bond motifs is 1. The predicted molar refractivity (Wildman–Crippen MR) is 107 cm³/mol. The van der Waals surface area contributed by atoms with Crippen molar-refractivity contribution in [2.24, 2.45) is 5.73 Å². The Labute approximate surface area is 163 Å². The first kappa shape index (κ1) is 19.4. The molecule has 1 heterocycles. The summed E-state index contributed by atoms with van der Waals surface area (Å²) in [7, 11) is 0. The third kappa shape index (κ3) is 4.14. The highest BCUT2D eigenvalue weighted by atomic mass is 16.5. The lowest BCUT2D eigenvalue weighted by Gasteiger charge is -2.19. The van der Waals surface area contributed by atoms with Crippen LogP contribution in [0.25, 0.3) is 11.0 Å². The van der Waals surface area contributed by atoms with Crippen molar-refractivity contribution in [2.45, 2.75) is 32.9 Å². The highest BCUT2D eigenvalue weighted by Crippen LogP contribution is 2.25. The maximum atomic E-state index is 12.6. The van der Waals surface area contributed by atoms with Crippen molar-refractivity contribution in [1.29, 1.82) is 0 Å². The van der Waals surface area contributed by atoms with Gasteiger partial charge >= 0.3 is 0 Å². The highest BCUT2D eigenvalue weighted by molar-refractivity contribution is 5.94. The molecule has 0 bridgehead atoms. The van der Waals surface area contributed by atoms with Crippen LogP contribution in [0.4, 0.5) is 0 Å². The summed E-state index contributed by atoms with van der Waals surface area (Å²) in [5, 5.41) is 3.00. The van der Waals surface area contributed by atoms with Crippen LogP contribution >= 0.6 is 0 Å². The molecule has 7 heteroatoms. The standard InChI is InChI=1S/C21H24N4O3/c1-13(2)25-18-7-5-4-6-17(18)24-20(25)14(3)23-21(27)15-8-10-16(11-9-15)28-12-19(22)26/h4-11,13-14H,12H2,1-3H3,(H2,22,26)(H,23,27). The second-order valence-corrected chi connectivity index (χ2v) is 6.90. The minimum Gasteiger partial charge on any atom is -0.484 e. The molecule has 1 aromatic heterocycles. The Bertz CT molecular complexity index is 993. The maximum Gasteiger partial charge on any atom is 0.255 e. The minimum absolute atomic E-state index is 0.200. The topological polar surface area (TPSA) is 99.2 Å². The molecule has 7 nitrogen and oxygen atoms in total. The monoisotopic (exact) mass is 380 g/mol. The van der Waals surface area contributed by atoms with Gasteiger partial charge in [-0.3, -0.25) is 9.59 Å². The van der Waals surface area contributed by atoms with Crippen molar-refractivity contribution in [1.82, 2.24) is 14.9 Å². The molecule has 0 aliphatic carbocycles. The van der Waals surface area contributed by atoms with E-state index in [4.69, 9.17) is 15.5 Å². The second-order valence-electron chi connectivity index (χ2n) is 6.90. The number of aromatic nitrogens is 2. The molecule has 0 radical (unpaired) electrons. The Kier molecular flexibility index (Phi) is 5.63. The van der Waals surface area contributed by atoms with Gasteiger partial charge in [0.1, 0.15) is 11.6 Å². The lowest BCUT2D eigenvalue weighted by atomic mass is 10.2. The van der Waals surface area contributed by atoms with Gasteiger partial charge in [0.05, 0.1) is 17.1 Å². The average Bonchev–Trinajstić information content (AvgIpc) is 3.06. The zero-order valence-electron chi connectivity index (χ0n) is 16.2. The molecular weight excluding hydrogens is 356 g/mol. The van der Waals surface area contributed by atoms with E-state index < -0.39 is 5.91 Å². The molecule has 1 atom stereocenters. The van der Waals surface area contributed by atoms with Crippen LogP contribution in [-0.2, 0) is 4.79 Å². The molecule has 146 valence electrons. The summed E-state index contributed by atoms with van der Waals surface area (Å²) in [6.45, 7) is 5.91. The second kappa shape index (κ2) is 8.12. The van der Waals surface area contributed by atoms with Crippen molar-refractivity contribution in [3.05, 3.63) is 59.9 Å². The lowest BCUT2D eigenvalue weighted by Crippen LogP contribution is -2.29. The Morgan fingerprint density at radius 3 is 2.43 bits per heavy atom. The van der Waals surface area contributed by atoms with E-state index in [0.29, 0.717) is 11.3 Å². The van der Waals surface area contributed by atoms with Gasteiger partial charge in [0.2, 0.25) is 0 Å². The van der Waals surface area contributed by atoms with Crippen molar-refractivity contribution >= 4 is 22.8 Å². The largest absolute Gasteiger partial charge is 0.484 e. The molecule has 3 aromatic rings. The molecule has 0 saturated heterocycles. The number of hydrogen-bond donors (Lipinski definition) is 2. The number of carbonyl (C=O) groups excluding carboxylic acids is 2. The summed E-state index contributed by atoms with van der Waals surface area (Å²) in [5.74, 6) is 0.524. The van der Waals surface area contributed by atoms with Crippen molar-refractivity contribution in [2.75, 3.05) is 6.61 Å². The number of nitrogens with zero attached hydrogens (tertiary/aromatic N) is 2. The van der Waals surface area contributed by atoms with Crippen LogP contribution < -0.4 is 15.8 Å². The van der Waals surface area contributed by atoms with E-state index in [1.807, 2.05) is 31.2 Å². The van der Waals surface area contributed by atoms with E-state index in [-0.39, 0.29) is 24.6 Å². The Morgan fingerprint density at radius 1 is 1.11 bits per heavy atom. The number of amides is 2. The molecular formula is C21H24N4O3.